The van der Waals surface area contributed by atoms with Gasteiger partial charge >= 0.3 is 0 Å². The summed E-state index contributed by atoms with van der Waals surface area (Å²) < 4.78 is 13.0. The van der Waals surface area contributed by atoms with Crippen LogP contribution in [0, 0.1) is 11.7 Å². The topological polar surface area (TPSA) is 82.3 Å². The molecule has 1 fully saturated rings. The van der Waals surface area contributed by atoms with Gasteiger partial charge < -0.3 is 15.2 Å². The lowest BCUT2D eigenvalue weighted by molar-refractivity contribution is -0.134. The Hall–Kier alpha value is -2.96. The molecule has 0 saturated carbocycles. The maximum atomic E-state index is 13.0. The number of halogens is 1. The van der Waals surface area contributed by atoms with E-state index < -0.39 is 0 Å². The van der Waals surface area contributed by atoms with Crippen LogP contribution in [0.2, 0.25) is 0 Å². The van der Waals surface area contributed by atoms with Gasteiger partial charge in [0.1, 0.15) is 5.82 Å². The summed E-state index contributed by atoms with van der Waals surface area (Å²) in [6.45, 7) is 1.37. The van der Waals surface area contributed by atoms with Gasteiger partial charge in [-0.25, -0.2) is 4.39 Å². The number of nitrogens with zero attached hydrogens (tertiary/aromatic N) is 1. The number of H-pyrrole nitrogens is 1. The lowest BCUT2D eigenvalue weighted by atomic mass is 9.90. The molecule has 1 aliphatic heterocycles. The Morgan fingerprint density at radius 3 is 2.43 bits per heavy atom. The monoisotopic (exact) mass is 385 g/mol. The van der Waals surface area contributed by atoms with Crippen molar-refractivity contribution >= 4 is 17.5 Å². The van der Waals surface area contributed by atoms with Gasteiger partial charge in [-0.05, 0) is 48.9 Å². The number of likely N-dealkylation sites (tertiary alicyclic amines) is 1. The smallest absolute Gasteiger partial charge is 0.248 e. The molecule has 148 valence electrons. The minimum Gasteiger partial charge on any atom is -0.343 e. The average molecular weight is 385 g/mol. The zero-order valence-corrected chi connectivity index (χ0v) is 15.6. The summed E-state index contributed by atoms with van der Waals surface area (Å²) in [5.41, 5.74) is 1.37. The van der Waals surface area contributed by atoms with Crippen LogP contribution >= 0.6 is 0 Å². The van der Waals surface area contributed by atoms with Crippen molar-refractivity contribution in [1.29, 1.82) is 0 Å². The molecule has 2 aromatic rings. The van der Waals surface area contributed by atoms with Gasteiger partial charge in [0.2, 0.25) is 17.4 Å². The van der Waals surface area contributed by atoms with E-state index in [1.54, 1.807) is 0 Å². The van der Waals surface area contributed by atoms with Gasteiger partial charge in [-0.2, -0.15) is 0 Å². The number of piperidine rings is 1. The number of amides is 2. The highest BCUT2D eigenvalue weighted by Crippen LogP contribution is 2.22. The standard InChI is InChI=1S/C21H24FN3O3/c22-17-3-1-15(2-4-17)13-16-9-11-25(12-10-16)21(28)8-7-20(27)24-18-5-6-19(26)23-14-18/h1-6,14,16H,7-13H2,(H,23,26)(H,24,27). The van der Waals surface area contributed by atoms with Crippen molar-refractivity contribution in [2.24, 2.45) is 5.92 Å². The lowest BCUT2D eigenvalue weighted by Gasteiger charge is -2.32. The van der Waals surface area contributed by atoms with Gasteiger partial charge in [-0.15, -0.1) is 0 Å². The van der Waals surface area contributed by atoms with E-state index in [4.69, 9.17) is 0 Å². The fourth-order valence-electron chi connectivity index (χ4n) is 3.43. The third-order valence-corrected chi connectivity index (χ3v) is 5.04. The molecular formula is C21H24FN3O3. The van der Waals surface area contributed by atoms with Crippen LogP contribution in [-0.4, -0.2) is 34.8 Å². The van der Waals surface area contributed by atoms with Crippen molar-refractivity contribution in [3.63, 3.8) is 0 Å². The minimum absolute atomic E-state index is 0.0168. The van der Waals surface area contributed by atoms with Crippen LogP contribution < -0.4 is 10.9 Å². The minimum atomic E-state index is -0.258. The highest BCUT2D eigenvalue weighted by molar-refractivity contribution is 5.93. The molecule has 0 radical (unpaired) electrons. The Balaban J connectivity index is 1.38. The number of carbonyl (C=O) groups excluding carboxylic acids is 2. The van der Waals surface area contributed by atoms with E-state index in [-0.39, 0.29) is 36.0 Å². The first-order valence-electron chi connectivity index (χ1n) is 9.50. The summed E-state index contributed by atoms with van der Waals surface area (Å²) in [5.74, 6) is -0.0183. The molecule has 2 N–H and O–H groups in total. The van der Waals surface area contributed by atoms with Gasteiger partial charge in [0, 0.05) is 38.2 Å². The van der Waals surface area contributed by atoms with Gasteiger partial charge in [-0.1, -0.05) is 12.1 Å². The Kier molecular flexibility index (Phi) is 6.57. The molecule has 1 aliphatic rings. The number of anilines is 1. The first-order chi connectivity index (χ1) is 13.5. The molecule has 0 spiro atoms. The average Bonchev–Trinajstić information content (AvgIpc) is 2.70. The third kappa shape index (κ3) is 5.77. The zero-order chi connectivity index (χ0) is 19.9. The zero-order valence-electron chi connectivity index (χ0n) is 15.6. The molecule has 0 bridgehead atoms. The highest BCUT2D eigenvalue weighted by atomic mass is 19.1. The van der Waals surface area contributed by atoms with Crippen molar-refractivity contribution in [3.8, 4) is 0 Å². The number of nitrogens with one attached hydrogen (secondary N) is 2. The number of hydrogen-bond donors (Lipinski definition) is 2. The SMILES string of the molecule is O=C(CCC(=O)N1CCC(Cc2ccc(F)cc2)CC1)Nc1ccc(=O)[nH]c1. The van der Waals surface area contributed by atoms with Crippen LogP contribution in [0.5, 0.6) is 0 Å². The van der Waals surface area contributed by atoms with E-state index in [1.807, 2.05) is 17.0 Å². The molecule has 0 atom stereocenters. The second-order valence-corrected chi connectivity index (χ2v) is 7.14. The van der Waals surface area contributed by atoms with Gasteiger partial charge in [0.15, 0.2) is 0 Å². The molecule has 2 amide bonds. The number of aromatic nitrogens is 1. The van der Waals surface area contributed by atoms with E-state index in [2.05, 4.69) is 10.3 Å². The molecule has 0 aliphatic carbocycles. The Morgan fingerprint density at radius 2 is 1.79 bits per heavy atom. The number of pyridine rings is 1. The van der Waals surface area contributed by atoms with Crippen LogP contribution in [0.25, 0.3) is 0 Å². The van der Waals surface area contributed by atoms with Gasteiger partial charge in [0.05, 0.1) is 5.69 Å². The van der Waals surface area contributed by atoms with Crippen molar-refractivity contribution in [2.45, 2.75) is 32.1 Å². The first-order valence-corrected chi connectivity index (χ1v) is 9.50. The summed E-state index contributed by atoms with van der Waals surface area (Å²) in [6.07, 6.45) is 4.41. The van der Waals surface area contributed by atoms with Crippen molar-refractivity contribution in [3.05, 3.63) is 64.3 Å². The number of carbonyl (C=O) groups is 2. The fraction of sp³-hybridized carbons (Fsp3) is 0.381. The van der Waals surface area contributed by atoms with Crippen LogP contribution in [0.1, 0.15) is 31.2 Å². The molecular weight excluding hydrogens is 361 g/mol. The molecule has 3 rings (SSSR count). The lowest BCUT2D eigenvalue weighted by Crippen LogP contribution is -2.39. The Labute approximate surface area is 162 Å². The van der Waals surface area contributed by atoms with E-state index in [0.717, 1.165) is 24.8 Å². The quantitative estimate of drug-likeness (QED) is 0.802. The summed E-state index contributed by atoms with van der Waals surface area (Å²) in [7, 11) is 0. The van der Waals surface area contributed by atoms with Crippen LogP contribution in [0.15, 0.2) is 47.4 Å². The molecule has 1 aromatic heterocycles. The largest absolute Gasteiger partial charge is 0.343 e. The number of rotatable bonds is 6. The Morgan fingerprint density at radius 1 is 1.07 bits per heavy atom. The molecule has 6 nitrogen and oxygen atoms in total. The molecule has 1 saturated heterocycles. The number of aromatic amines is 1. The third-order valence-electron chi connectivity index (χ3n) is 5.04. The predicted octanol–water partition coefficient (Wildman–Crippen LogP) is 2.71. The number of benzene rings is 1. The van der Waals surface area contributed by atoms with E-state index in [0.29, 0.717) is 24.7 Å². The van der Waals surface area contributed by atoms with Crippen LogP contribution in [0.4, 0.5) is 10.1 Å². The fourth-order valence-corrected chi connectivity index (χ4v) is 3.43. The van der Waals surface area contributed by atoms with Gasteiger partial charge in [-0.3, -0.25) is 14.4 Å². The normalized spacial score (nSPS) is 14.7. The van der Waals surface area contributed by atoms with Crippen LogP contribution in [0.3, 0.4) is 0 Å². The summed E-state index contributed by atoms with van der Waals surface area (Å²) in [4.78, 5) is 39.6. The molecule has 1 aromatic carbocycles. The summed E-state index contributed by atoms with van der Waals surface area (Å²) in [5, 5.41) is 2.66. The second-order valence-electron chi connectivity index (χ2n) is 7.14. The van der Waals surface area contributed by atoms with E-state index in [9.17, 15) is 18.8 Å². The molecule has 28 heavy (non-hydrogen) atoms. The van der Waals surface area contributed by atoms with Crippen LogP contribution in [-0.2, 0) is 16.0 Å². The van der Waals surface area contributed by atoms with E-state index >= 15 is 0 Å². The Bertz CT molecular complexity index is 851. The first kappa shape index (κ1) is 19.8. The molecule has 7 heteroatoms. The van der Waals surface area contributed by atoms with Crippen molar-refractivity contribution < 1.29 is 14.0 Å². The van der Waals surface area contributed by atoms with Gasteiger partial charge in [0.25, 0.3) is 0 Å². The summed E-state index contributed by atoms with van der Waals surface area (Å²) in [6, 6.07) is 9.43. The summed E-state index contributed by atoms with van der Waals surface area (Å²) >= 11 is 0. The van der Waals surface area contributed by atoms with Crippen molar-refractivity contribution in [2.75, 3.05) is 18.4 Å². The molecule has 0 unspecified atom stereocenters. The maximum absolute atomic E-state index is 13.0. The predicted molar refractivity (Wildman–Crippen MR) is 104 cm³/mol. The number of hydrogen-bond acceptors (Lipinski definition) is 3. The maximum Gasteiger partial charge on any atom is 0.248 e. The van der Waals surface area contributed by atoms with Crippen molar-refractivity contribution in [1.82, 2.24) is 9.88 Å². The van der Waals surface area contributed by atoms with E-state index in [1.165, 1.54) is 30.5 Å². The highest BCUT2D eigenvalue weighted by Gasteiger charge is 2.23. The second kappa shape index (κ2) is 9.30. The molecule has 2 heterocycles.